The lowest BCUT2D eigenvalue weighted by Crippen LogP contribution is -2.31. The molecule has 0 unspecified atom stereocenters. The Labute approximate surface area is 114 Å². The topological polar surface area (TPSA) is 3.24 Å². The minimum absolute atomic E-state index is 0.0694. The highest BCUT2D eigenvalue weighted by Gasteiger charge is 2.24. The summed E-state index contributed by atoms with van der Waals surface area (Å²) in [5, 5.41) is 1.96. The SMILES string of the molecule is CCN(CC)c1c(Cl)ccc([Si])c1C(C)(C)C. The minimum Gasteiger partial charge on any atom is -0.371 e. The average Bonchev–Trinajstić information content (AvgIpc) is 2.23. The number of nitrogens with zero attached hydrogens (tertiary/aromatic N) is 1. The maximum Gasteiger partial charge on any atom is 0.0717 e. The molecule has 0 N–H and O–H groups in total. The van der Waals surface area contributed by atoms with Gasteiger partial charge in [0.25, 0.3) is 0 Å². The Morgan fingerprint density at radius 2 is 1.71 bits per heavy atom. The van der Waals surface area contributed by atoms with Gasteiger partial charge in [0.2, 0.25) is 0 Å². The molecule has 0 saturated heterocycles. The maximum absolute atomic E-state index is 6.40. The molecule has 0 aliphatic carbocycles. The van der Waals surface area contributed by atoms with Crippen LogP contribution in [0.2, 0.25) is 5.02 Å². The van der Waals surface area contributed by atoms with Crippen molar-refractivity contribution in [3.05, 3.63) is 22.7 Å². The van der Waals surface area contributed by atoms with Gasteiger partial charge < -0.3 is 4.90 Å². The molecule has 93 valence electrons. The van der Waals surface area contributed by atoms with Crippen LogP contribution in [0.1, 0.15) is 40.2 Å². The normalized spacial score (nSPS) is 11.7. The van der Waals surface area contributed by atoms with E-state index < -0.39 is 0 Å². The van der Waals surface area contributed by atoms with Crippen molar-refractivity contribution in [3.63, 3.8) is 0 Å². The quantitative estimate of drug-likeness (QED) is 0.759. The van der Waals surface area contributed by atoms with Crippen LogP contribution in [0.3, 0.4) is 0 Å². The Kier molecular flexibility index (Phi) is 4.67. The van der Waals surface area contributed by atoms with E-state index in [0.29, 0.717) is 0 Å². The van der Waals surface area contributed by atoms with Crippen LogP contribution < -0.4 is 10.1 Å². The fourth-order valence-electron chi connectivity index (χ4n) is 2.17. The van der Waals surface area contributed by atoms with Crippen LogP contribution in [-0.2, 0) is 5.41 Å². The van der Waals surface area contributed by atoms with Crippen molar-refractivity contribution in [2.75, 3.05) is 18.0 Å². The molecular weight excluding hydrogens is 246 g/mol. The second-order valence-corrected chi connectivity index (χ2v) is 6.19. The minimum atomic E-state index is 0.0694. The van der Waals surface area contributed by atoms with Gasteiger partial charge in [-0.15, -0.1) is 0 Å². The second kappa shape index (κ2) is 5.45. The van der Waals surface area contributed by atoms with E-state index in [0.717, 1.165) is 29.0 Å². The number of rotatable bonds is 3. The zero-order valence-electron chi connectivity index (χ0n) is 11.4. The van der Waals surface area contributed by atoms with Crippen LogP contribution in [-0.4, -0.2) is 23.3 Å². The zero-order chi connectivity index (χ0) is 13.2. The first kappa shape index (κ1) is 14.6. The van der Waals surface area contributed by atoms with Crippen molar-refractivity contribution in [3.8, 4) is 0 Å². The van der Waals surface area contributed by atoms with E-state index in [-0.39, 0.29) is 5.41 Å². The average molecular weight is 267 g/mol. The molecule has 0 aliphatic heterocycles. The number of anilines is 1. The molecule has 3 radical (unpaired) electrons. The molecule has 0 amide bonds. The molecular formula is C14H21ClNSi. The number of hydrogen-bond acceptors (Lipinski definition) is 1. The Morgan fingerprint density at radius 1 is 1.18 bits per heavy atom. The Hall–Kier alpha value is -0.473. The van der Waals surface area contributed by atoms with Crippen LogP contribution in [0, 0.1) is 0 Å². The lowest BCUT2D eigenvalue weighted by Gasteiger charge is -2.32. The molecule has 0 atom stereocenters. The van der Waals surface area contributed by atoms with Crippen molar-refractivity contribution in [2.45, 2.75) is 40.0 Å². The van der Waals surface area contributed by atoms with Crippen LogP contribution >= 0.6 is 11.6 Å². The summed E-state index contributed by atoms with van der Waals surface area (Å²) < 4.78 is 0. The van der Waals surface area contributed by atoms with E-state index in [1.54, 1.807) is 0 Å². The summed E-state index contributed by atoms with van der Waals surface area (Å²) in [4.78, 5) is 2.31. The fraction of sp³-hybridized carbons (Fsp3) is 0.571. The molecule has 0 heterocycles. The first-order valence-corrected chi connectivity index (χ1v) is 7.00. The van der Waals surface area contributed by atoms with Crippen molar-refractivity contribution in [2.24, 2.45) is 0 Å². The van der Waals surface area contributed by atoms with E-state index in [1.807, 2.05) is 12.1 Å². The van der Waals surface area contributed by atoms with Gasteiger partial charge in [-0.1, -0.05) is 43.6 Å². The summed E-state index contributed by atoms with van der Waals surface area (Å²) in [6, 6.07) is 4.00. The molecule has 0 bridgehead atoms. The molecule has 1 aromatic carbocycles. The molecule has 1 rings (SSSR count). The van der Waals surface area contributed by atoms with Crippen molar-refractivity contribution < 1.29 is 0 Å². The van der Waals surface area contributed by atoms with Crippen molar-refractivity contribution in [1.29, 1.82) is 0 Å². The number of hydrogen-bond donors (Lipinski definition) is 0. The summed E-state index contributed by atoms with van der Waals surface area (Å²) in [5.74, 6) is 0. The van der Waals surface area contributed by atoms with E-state index in [2.05, 4.69) is 49.8 Å². The van der Waals surface area contributed by atoms with Gasteiger partial charge in [0, 0.05) is 13.1 Å². The summed E-state index contributed by atoms with van der Waals surface area (Å²) in [6.45, 7) is 12.9. The van der Waals surface area contributed by atoms with E-state index in [1.165, 1.54) is 5.56 Å². The Bertz CT molecular complexity index is 392. The first-order valence-electron chi connectivity index (χ1n) is 6.12. The monoisotopic (exact) mass is 266 g/mol. The first-order chi connectivity index (χ1) is 7.82. The number of benzene rings is 1. The summed E-state index contributed by atoms with van der Waals surface area (Å²) in [5.41, 5.74) is 2.52. The van der Waals surface area contributed by atoms with E-state index >= 15 is 0 Å². The molecule has 1 nitrogen and oxygen atoms in total. The summed E-state index contributed by atoms with van der Waals surface area (Å²) in [7, 11) is 3.71. The van der Waals surface area contributed by atoms with Gasteiger partial charge in [-0.05, 0) is 30.9 Å². The zero-order valence-corrected chi connectivity index (χ0v) is 13.2. The van der Waals surface area contributed by atoms with Crippen LogP contribution in [0.15, 0.2) is 12.1 Å². The van der Waals surface area contributed by atoms with Crippen molar-refractivity contribution >= 4 is 32.7 Å². The van der Waals surface area contributed by atoms with Crippen LogP contribution in [0.5, 0.6) is 0 Å². The van der Waals surface area contributed by atoms with Crippen molar-refractivity contribution in [1.82, 2.24) is 0 Å². The van der Waals surface area contributed by atoms with E-state index in [4.69, 9.17) is 11.6 Å². The fourth-order valence-corrected chi connectivity index (χ4v) is 3.03. The third kappa shape index (κ3) is 3.05. The van der Waals surface area contributed by atoms with Crippen LogP contribution in [0.25, 0.3) is 0 Å². The van der Waals surface area contributed by atoms with Gasteiger partial charge in [-0.25, -0.2) is 0 Å². The standard InChI is InChI=1S/C14H21ClNSi/c1-6-16(7-2)13-10(15)8-9-11(17)12(13)14(3,4)5/h8-9H,6-7H2,1-5H3. The molecule has 0 aromatic heterocycles. The molecule has 1 aromatic rings. The Morgan fingerprint density at radius 3 is 2.12 bits per heavy atom. The second-order valence-electron chi connectivity index (χ2n) is 5.24. The largest absolute Gasteiger partial charge is 0.371 e. The lowest BCUT2D eigenvalue weighted by atomic mass is 9.85. The highest BCUT2D eigenvalue weighted by atomic mass is 35.5. The highest BCUT2D eigenvalue weighted by molar-refractivity contribution is 6.37. The van der Waals surface area contributed by atoms with Gasteiger partial charge in [0.15, 0.2) is 0 Å². The summed E-state index contributed by atoms with van der Waals surface area (Å²) in [6.07, 6.45) is 0. The third-order valence-electron chi connectivity index (χ3n) is 2.96. The third-order valence-corrected chi connectivity index (χ3v) is 3.68. The molecule has 0 spiro atoms. The predicted octanol–water partition coefficient (Wildman–Crippen LogP) is 3.28. The highest BCUT2D eigenvalue weighted by Crippen LogP contribution is 2.35. The van der Waals surface area contributed by atoms with Gasteiger partial charge in [0.05, 0.1) is 21.0 Å². The van der Waals surface area contributed by atoms with Crippen LogP contribution in [0.4, 0.5) is 5.69 Å². The van der Waals surface area contributed by atoms with Gasteiger partial charge in [0.1, 0.15) is 0 Å². The Balaban J connectivity index is 3.50. The molecule has 17 heavy (non-hydrogen) atoms. The van der Waals surface area contributed by atoms with Gasteiger partial charge in [-0.3, -0.25) is 0 Å². The molecule has 0 fully saturated rings. The maximum atomic E-state index is 6.40. The lowest BCUT2D eigenvalue weighted by molar-refractivity contribution is 0.591. The van der Waals surface area contributed by atoms with Gasteiger partial charge >= 0.3 is 0 Å². The molecule has 0 saturated carbocycles. The molecule has 0 aliphatic rings. The number of halogens is 1. The summed E-state index contributed by atoms with van der Waals surface area (Å²) >= 11 is 6.40. The smallest absolute Gasteiger partial charge is 0.0717 e. The predicted molar refractivity (Wildman–Crippen MR) is 79.1 cm³/mol. The van der Waals surface area contributed by atoms with E-state index in [9.17, 15) is 0 Å². The molecule has 3 heteroatoms. The van der Waals surface area contributed by atoms with Gasteiger partial charge in [-0.2, -0.15) is 0 Å².